The Morgan fingerprint density at radius 3 is 2.71 bits per heavy atom. The second-order valence-electron chi connectivity index (χ2n) is 6.05. The second kappa shape index (κ2) is 6.91. The zero-order valence-electron chi connectivity index (χ0n) is 12.7. The van der Waals surface area contributed by atoms with Gasteiger partial charge in [0.15, 0.2) is 0 Å². The number of nitrogens with one attached hydrogen (secondary N) is 2. The maximum atomic E-state index is 11.9. The first-order chi connectivity index (χ1) is 9.97. The first kappa shape index (κ1) is 15.8. The average Bonchev–Trinajstić information content (AvgIpc) is 3.08. The van der Waals surface area contributed by atoms with Gasteiger partial charge in [-0.25, -0.2) is 0 Å². The molecule has 114 valence electrons. The molecule has 0 fully saturated rings. The van der Waals surface area contributed by atoms with E-state index in [0.717, 1.165) is 5.76 Å². The van der Waals surface area contributed by atoms with Crippen molar-refractivity contribution in [2.75, 3.05) is 6.54 Å². The predicted molar refractivity (Wildman–Crippen MR) is 85.1 cm³/mol. The van der Waals surface area contributed by atoms with Crippen LogP contribution in [0.1, 0.15) is 37.5 Å². The quantitative estimate of drug-likeness (QED) is 0.860. The van der Waals surface area contributed by atoms with E-state index in [2.05, 4.69) is 42.9 Å². The molecule has 4 nitrogen and oxygen atoms in total. The lowest BCUT2D eigenvalue weighted by Crippen LogP contribution is -2.39. The second-order valence-corrected chi connectivity index (χ2v) is 7.03. The lowest BCUT2D eigenvalue weighted by molar-refractivity contribution is -0.120. The monoisotopic (exact) mass is 306 g/mol. The Kier molecular flexibility index (Phi) is 5.20. The van der Waals surface area contributed by atoms with Crippen LogP contribution in [0, 0.1) is 5.41 Å². The van der Waals surface area contributed by atoms with Crippen molar-refractivity contribution in [1.29, 1.82) is 0 Å². The summed E-state index contributed by atoms with van der Waals surface area (Å²) in [5, 5.41) is 8.27. The van der Waals surface area contributed by atoms with Gasteiger partial charge in [0.1, 0.15) is 5.76 Å². The van der Waals surface area contributed by atoms with Crippen LogP contribution in [0.3, 0.4) is 0 Å². The van der Waals surface area contributed by atoms with Crippen LogP contribution >= 0.6 is 11.3 Å². The summed E-state index contributed by atoms with van der Waals surface area (Å²) >= 11 is 1.71. The third-order valence-corrected chi connectivity index (χ3v) is 4.14. The van der Waals surface area contributed by atoms with Crippen molar-refractivity contribution in [2.45, 2.75) is 33.4 Å². The van der Waals surface area contributed by atoms with Crippen molar-refractivity contribution in [1.82, 2.24) is 10.6 Å². The van der Waals surface area contributed by atoms with Gasteiger partial charge in [-0.05, 0) is 29.0 Å². The van der Waals surface area contributed by atoms with E-state index in [4.69, 9.17) is 4.42 Å². The molecule has 2 N–H and O–H groups in total. The molecule has 0 bridgehead atoms. The Morgan fingerprint density at radius 1 is 1.33 bits per heavy atom. The molecular weight excluding hydrogens is 284 g/mol. The Hall–Kier alpha value is -1.59. The third-order valence-electron chi connectivity index (χ3n) is 3.20. The number of carbonyl (C=O) groups excluding carboxylic acids is 1. The minimum absolute atomic E-state index is 0.0304. The average molecular weight is 306 g/mol. The molecule has 2 aromatic heterocycles. The van der Waals surface area contributed by atoms with E-state index in [0.29, 0.717) is 13.1 Å². The van der Waals surface area contributed by atoms with Crippen LogP contribution < -0.4 is 10.6 Å². The van der Waals surface area contributed by atoms with Crippen LogP contribution in [-0.4, -0.2) is 12.5 Å². The lowest BCUT2D eigenvalue weighted by Gasteiger charge is -2.30. The van der Waals surface area contributed by atoms with E-state index < -0.39 is 0 Å². The molecule has 0 aliphatic rings. The van der Waals surface area contributed by atoms with E-state index >= 15 is 0 Å². The molecular formula is C16H22N2O2S. The highest BCUT2D eigenvalue weighted by molar-refractivity contribution is 7.10. The van der Waals surface area contributed by atoms with Crippen LogP contribution in [0.15, 0.2) is 40.3 Å². The number of rotatable bonds is 6. The molecule has 0 spiro atoms. The molecule has 0 saturated carbocycles. The first-order valence-electron chi connectivity index (χ1n) is 7.02. The minimum Gasteiger partial charge on any atom is -0.467 e. The molecule has 21 heavy (non-hydrogen) atoms. The molecule has 0 aromatic carbocycles. The molecule has 1 unspecified atom stereocenters. The number of hydrogen-bond acceptors (Lipinski definition) is 4. The molecule has 2 rings (SSSR count). The van der Waals surface area contributed by atoms with Crippen molar-refractivity contribution in [3.05, 3.63) is 46.5 Å². The first-order valence-corrected chi connectivity index (χ1v) is 7.90. The van der Waals surface area contributed by atoms with Crippen molar-refractivity contribution < 1.29 is 9.21 Å². The summed E-state index contributed by atoms with van der Waals surface area (Å²) in [5.41, 5.74) is 0.0478. The maximum absolute atomic E-state index is 11.9. The SMILES string of the molecule is CC(C)(C)C(NCC(=O)NCc1ccco1)c1cccs1. The summed E-state index contributed by atoms with van der Waals surface area (Å²) in [6.07, 6.45) is 1.60. The fraction of sp³-hybridized carbons (Fsp3) is 0.438. The summed E-state index contributed by atoms with van der Waals surface area (Å²) in [7, 11) is 0. The Bertz CT molecular complexity index is 541. The van der Waals surface area contributed by atoms with E-state index in [9.17, 15) is 4.79 Å². The molecule has 0 aliphatic heterocycles. The summed E-state index contributed by atoms with van der Waals surface area (Å²) in [6.45, 7) is 7.23. The fourth-order valence-corrected chi connectivity index (χ4v) is 3.19. The Balaban J connectivity index is 1.85. The number of furan rings is 1. The normalized spacial score (nSPS) is 13.1. The summed E-state index contributed by atoms with van der Waals surface area (Å²) in [4.78, 5) is 13.2. The van der Waals surface area contributed by atoms with E-state index in [1.807, 2.05) is 18.2 Å². The highest BCUT2D eigenvalue weighted by atomic mass is 32.1. The van der Waals surface area contributed by atoms with Crippen LogP contribution in [-0.2, 0) is 11.3 Å². The van der Waals surface area contributed by atoms with Gasteiger partial charge in [0, 0.05) is 10.9 Å². The molecule has 1 atom stereocenters. The highest BCUT2D eigenvalue weighted by Crippen LogP contribution is 2.34. The Labute approximate surface area is 129 Å². The zero-order valence-corrected chi connectivity index (χ0v) is 13.5. The molecule has 2 heterocycles. The van der Waals surface area contributed by atoms with Crippen molar-refractivity contribution >= 4 is 17.2 Å². The summed E-state index contributed by atoms with van der Waals surface area (Å²) < 4.78 is 5.19. The number of thiophene rings is 1. The van der Waals surface area contributed by atoms with Gasteiger partial charge >= 0.3 is 0 Å². The van der Waals surface area contributed by atoms with Crippen molar-refractivity contribution in [2.24, 2.45) is 5.41 Å². The van der Waals surface area contributed by atoms with Gasteiger partial charge in [-0.3, -0.25) is 4.79 Å². The summed E-state index contributed by atoms with van der Waals surface area (Å²) in [6, 6.07) is 7.96. The largest absolute Gasteiger partial charge is 0.467 e. The maximum Gasteiger partial charge on any atom is 0.234 e. The molecule has 5 heteroatoms. The Morgan fingerprint density at radius 2 is 2.14 bits per heavy atom. The van der Waals surface area contributed by atoms with Gasteiger partial charge in [0.2, 0.25) is 5.91 Å². The molecule has 1 amide bonds. The smallest absolute Gasteiger partial charge is 0.234 e. The van der Waals surface area contributed by atoms with Gasteiger partial charge in [0.25, 0.3) is 0 Å². The number of hydrogen-bond donors (Lipinski definition) is 2. The van der Waals surface area contributed by atoms with E-state index in [-0.39, 0.29) is 17.4 Å². The molecule has 0 aliphatic carbocycles. The van der Waals surface area contributed by atoms with Crippen molar-refractivity contribution in [3.8, 4) is 0 Å². The van der Waals surface area contributed by atoms with E-state index in [1.165, 1.54) is 4.88 Å². The van der Waals surface area contributed by atoms with Gasteiger partial charge in [-0.2, -0.15) is 0 Å². The van der Waals surface area contributed by atoms with Crippen LogP contribution in [0.2, 0.25) is 0 Å². The lowest BCUT2D eigenvalue weighted by atomic mass is 9.86. The van der Waals surface area contributed by atoms with Crippen molar-refractivity contribution in [3.63, 3.8) is 0 Å². The highest BCUT2D eigenvalue weighted by Gasteiger charge is 2.27. The fourth-order valence-electron chi connectivity index (χ4n) is 2.15. The molecule has 0 radical (unpaired) electrons. The van der Waals surface area contributed by atoms with Gasteiger partial charge in [-0.1, -0.05) is 26.8 Å². The van der Waals surface area contributed by atoms with Crippen LogP contribution in [0.25, 0.3) is 0 Å². The zero-order chi connectivity index (χ0) is 15.3. The third kappa shape index (κ3) is 4.72. The minimum atomic E-state index is -0.0304. The molecule has 0 saturated heterocycles. The van der Waals surface area contributed by atoms with Crippen LogP contribution in [0.4, 0.5) is 0 Å². The van der Waals surface area contributed by atoms with Gasteiger partial charge in [0.05, 0.1) is 19.4 Å². The predicted octanol–water partition coefficient (Wildman–Crippen LogP) is 3.33. The standard InChI is InChI=1S/C16H22N2O2S/c1-16(2,3)15(13-7-5-9-21-13)18-11-14(19)17-10-12-6-4-8-20-12/h4-9,15,18H,10-11H2,1-3H3,(H,17,19). The number of amides is 1. The van der Waals surface area contributed by atoms with E-state index in [1.54, 1.807) is 17.6 Å². The topological polar surface area (TPSA) is 54.3 Å². The van der Waals surface area contributed by atoms with Crippen LogP contribution in [0.5, 0.6) is 0 Å². The van der Waals surface area contributed by atoms with Gasteiger partial charge in [-0.15, -0.1) is 11.3 Å². The number of carbonyl (C=O) groups is 1. The molecule has 2 aromatic rings. The summed E-state index contributed by atoms with van der Waals surface area (Å²) in [5.74, 6) is 0.728. The van der Waals surface area contributed by atoms with Gasteiger partial charge < -0.3 is 15.1 Å².